The van der Waals surface area contributed by atoms with Crippen molar-refractivity contribution in [3.05, 3.63) is 47.5 Å². The fourth-order valence-electron chi connectivity index (χ4n) is 4.46. The quantitative estimate of drug-likeness (QED) is 0.494. The number of benzene rings is 1. The lowest BCUT2D eigenvalue weighted by Gasteiger charge is -2.39. The second kappa shape index (κ2) is 8.80. The van der Waals surface area contributed by atoms with Crippen molar-refractivity contribution in [3.8, 4) is 17.1 Å². The van der Waals surface area contributed by atoms with E-state index in [-0.39, 0.29) is 5.41 Å². The van der Waals surface area contributed by atoms with Gasteiger partial charge in [0.15, 0.2) is 5.82 Å². The fraction of sp³-hybridized carbons (Fsp3) is 0.522. The van der Waals surface area contributed by atoms with E-state index < -0.39 is 0 Å². The van der Waals surface area contributed by atoms with E-state index in [0.717, 1.165) is 43.0 Å². The fourth-order valence-corrected chi connectivity index (χ4v) is 4.72. The number of hydrogen-bond donors (Lipinski definition) is 0. The maximum Gasteiger partial charge on any atom is 0.181 e. The molecule has 1 fully saturated rings. The Morgan fingerprint density at radius 2 is 2.13 bits per heavy atom. The largest absolute Gasteiger partial charge is 0.495 e. The molecule has 6 nitrogen and oxygen atoms in total. The van der Waals surface area contributed by atoms with Crippen LogP contribution in [0, 0.1) is 5.41 Å². The molecule has 0 bridgehead atoms. The number of nitrogens with zero attached hydrogens (tertiary/aromatic N) is 5. The number of ether oxygens (including phenoxy) is 1. The minimum absolute atomic E-state index is 0.206. The molecule has 1 saturated carbocycles. The van der Waals surface area contributed by atoms with Crippen LogP contribution in [0.3, 0.4) is 0 Å². The lowest BCUT2D eigenvalue weighted by molar-refractivity contribution is 0.129. The Labute approximate surface area is 183 Å². The summed E-state index contributed by atoms with van der Waals surface area (Å²) < 4.78 is 9.46. The molecular weight excluding hydrogens is 398 g/mol. The van der Waals surface area contributed by atoms with Gasteiger partial charge in [-0.2, -0.15) is 10.2 Å². The molecule has 1 aromatic carbocycles. The molecule has 30 heavy (non-hydrogen) atoms. The zero-order valence-corrected chi connectivity index (χ0v) is 18.8. The van der Waals surface area contributed by atoms with Crippen molar-refractivity contribution in [1.82, 2.24) is 24.5 Å². The summed E-state index contributed by atoms with van der Waals surface area (Å²) in [5, 5.41) is 9.88. The number of aryl methyl sites for hydroxylation is 2. The van der Waals surface area contributed by atoms with Crippen molar-refractivity contribution < 1.29 is 4.74 Å². The van der Waals surface area contributed by atoms with Crippen molar-refractivity contribution in [2.24, 2.45) is 5.41 Å². The lowest BCUT2D eigenvalue weighted by Crippen LogP contribution is -2.32. The van der Waals surface area contributed by atoms with E-state index >= 15 is 0 Å². The predicted octanol–water partition coefficient (Wildman–Crippen LogP) is 5.58. The SMILES string of the molecule is COc1ccc(-c2nc(CCCn3cccn3)n(C3CCCCC3(C)C)n2)cc1Cl. The Bertz CT molecular complexity index is 980. The van der Waals surface area contributed by atoms with Gasteiger partial charge in [-0.25, -0.2) is 9.67 Å². The number of halogens is 1. The van der Waals surface area contributed by atoms with Gasteiger partial charge in [0.2, 0.25) is 0 Å². The molecule has 160 valence electrons. The summed E-state index contributed by atoms with van der Waals surface area (Å²) in [7, 11) is 1.62. The van der Waals surface area contributed by atoms with Gasteiger partial charge in [0.1, 0.15) is 11.6 Å². The summed E-state index contributed by atoms with van der Waals surface area (Å²) in [5.74, 6) is 2.44. The molecule has 0 N–H and O–H groups in total. The highest BCUT2D eigenvalue weighted by atomic mass is 35.5. The summed E-state index contributed by atoms with van der Waals surface area (Å²) in [6.45, 7) is 5.59. The summed E-state index contributed by atoms with van der Waals surface area (Å²) in [6.07, 6.45) is 10.5. The first-order chi connectivity index (χ1) is 14.5. The molecule has 0 saturated heterocycles. The average Bonchev–Trinajstić information content (AvgIpc) is 3.38. The van der Waals surface area contributed by atoms with Crippen molar-refractivity contribution in [3.63, 3.8) is 0 Å². The normalized spacial score (nSPS) is 18.5. The van der Waals surface area contributed by atoms with E-state index in [0.29, 0.717) is 16.8 Å². The van der Waals surface area contributed by atoms with Crippen LogP contribution in [0.5, 0.6) is 5.75 Å². The number of hydrogen-bond acceptors (Lipinski definition) is 4. The first-order valence-electron chi connectivity index (χ1n) is 10.7. The summed E-state index contributed by atoms with van der Waals surface area (Å²) in [6, 6.07) is 8.06. The molecular formula is C23H30ClN5O. The smallest absolute Gasteiger partial charge is 0.181 e. The monoisotopic (exact) mass is 427 g/mol. The molecule has 4 rings (SSSR count). The van der Waals surface area contributed by atoms with Crippen LogP contribution < -0.4 is 4.74 Å². The first-order valence-corrected chi connectivity index (χ1v) is 11.1. The number of aromatic nitrogens is 5. The van der Waals surface area contributed by atoms with Crippen LogP contribution in [-0.4, -0.2) is 31.7 Å². The van der Waals surface area contributed by atoms with Crippen LogP contribution in [0.2, 0.25) is 5.02 Å². The van der Waals surface area contributed by atoms with Gasteiger partial charge in [-0.3, -0.25) is 4.68 Å². The van der Waals surface area contributed by atoms with Gasteiger partial charge in [-0.1, -0.05) is 38.3 Å². The third kappa shape index (κ3) is 4.38. The van der Waals surface area contributed by atoms with Crippen molar-refractivity contribution in [2.45, 2.75) is 65.0 Å². The highest BCUT2D eigenvalue weighted by Gasteiger charge is 2.35. The van der Waals surface area contributed by atoms with Crippen molar-refractivity contribution in [1.29, 1.82) is 0 Å². The van der Waals surface area contributed by atoms with Gasteiger partial charge >= 0.3 is 0 Å². The maximum atomic E-state index is 6.36. The molecule has 2 heterocycles. The number of methoxy groups -OCH3 is 1. The lowest BCUT2D eigenvalue weighted by atomic mass is 9.73. The van der Waals surface area contributed by atoms with Crippen molar-refractivity contribution >= 4 is 11.6 Å². The molecule has 1 aliphatic carbocycles. The van der Waals surface area contributed by atoms with Crippen LogP contribution in [-0.2, 0) is 13.0 Å². The van der Waals surface area contributed by atoms with E-state index in [2.05, 4.69) is 23.6 Å². The third-order valence-electron chi connectivity index (χ3n) is 6.20. The van der Waals surface area contributed by atoms with Crippen LogP contribution in [0.1, 0.15) is 57.8 Å². The molecule has 1 unspecified atom stereocenters. The molecule has 7 heteroatoms. The minimum Gasteiger partial charge on any atom is -0.495 e. The first kappa shape index (κ1) is 20.9. The van der Waals surface area contributed by atoms with Gasteiger partial charge in [-0.05, 0) is 48.9 Å². The van der Waals surface area contributed by atoms with Gasteiger partial charge in [-0.15, -0.1) is 0 Å². The average molecular weight is 428 g/mol. The highest BCUT2D eigenvalue weighted by Crippen LogP contribution is 2.44. The maximum absolute atomic E-state index is 6.36. The van der Waals surface area contributed by atoms with Crippen molar-refractivity contribution in [2.75, 3.05) is 7.11 Å². The number of rotatable bonds is 7. The Morgan fingerprint density at radius 1 is 1.27 bits per heavy atom. The summed E-state index contributed by atoms with van der Waals surface area (Å²) >= 11 is 6.36. The molecule has 0 spiro atoms. The molecule has 1 atom stereocenters. The van der Waals surface area contributed by atoms with Crippen LogP contribution in [0.25, 0.3) is 11.4 Å². The Kier molecular flexibility index (Phi) is 6.14. The Balaban J connectivity index is 1.64. The van der Waals surface area contributed by atoms with E-state index in [9.17, 15) is 0 Å². The molecule has 0 aliphatic heterocycles. The summed E-state index contributed by atoms with van der Waals surface area (Å²) in [4.78, 5) is 4.96. The van der Waals surface area contributed by atoms with Gasteiger partial charge in [0.05, 0.1) is 18.2 Å². The second-order valence-electron chi connectivity index (χ2n) is 8.77. The zero-order valence-electron chi connectivity index (χ0n) is 18.0. The molecule has 1 aliphatic rings. The van der Waals surface area contributed by atoms with Crippen LogP contribution >= 0.6 is 11.6 Å². The van der Waals surface area contributed by atoms with Gasteiger partial charge < -0.3 is 4.74 Å². The van der Waals surface area contributed by atoms with Crippen LogP contribution in [0.4, 0.5) is 0 Å². The minimum atomic E-state index is 0.206. The zero-order chi connectivity index (χ0) is 21.1. The molecule has 0 amide bonds. The molecule has 0 radical (unpaired) electrons. The van der Waals surface area contributed by atoms with Gasteiger partial charge in [0, 0.05) is 30.9 Å². The Hall–Kier alpha value is -2.34. The van der Waals surface area contributed by atoms with Crippen LogP contribution in [0.15, 0.2) is 36.7 Å². The molecule has 3 aromatic rings. The standard InChI is InChI=1S/C23H30ClN5O/c1-23(2)12-5-4-8-20(23)29-21(9-6-14-28-15-7-13-25-28)26-22(27-29)17-10-11-19(30-3)18(24)16-17/h7,10-11,13,15-16,20H,4-6,8-9,12,14H2,1-3H3. The second-order valence-corrected chi connectivity index (χ2v) is 9.18. The highest BCUT2D eigenvalue weighted by molar-refractivity contribution is 6.32. The van der Waals surface area contributed by atoms with E-state index in [1.54, 1.807) is 7.11 Å². The van der Waals surface area contributed by atoms with Gasteiger partial charge in [0.25, 0.3) is 0 Å². The summed E-state index contributed by atoms with van der Waals surface area (Å²) in [5.41, 5.74) is 1.12. The molecule has 2 aromatic heterocycles. The van der Waals surface area contributed by atoms with E-state index in [4.69, 9.17) is 26.4 Å². The van der Waals surface area contributed by atoms with E-state index in [1.807, 2.05) is 41.3 Å². The van der Waals surface area contributed by atoms with E-state index in [1.165, 1.54) is 19.3 Å². The Morgan fingerprint density at radius 3 is 2.83 bits per heavy atom. The predicted molar refractivity (Wildman–Crippen MR) is 119 cm³/mol. The third-order valence-corrected chi connectivity index (χ3v) is 6.50. The topological polar surface area (TPSA) is 57.8 Å².